The summed E-state index contributed by atoms with van der Waals surface area (Å²) < 4.78 is 10.1. The van der Waals surface area contributed by atoms with Crippen LogP contribution in [0.25, 0.3) is 0 Å². The number of hydrogen-bond donors (Lipinski definition) is 2. The number of methoxy groups -OCH3 is 2. The molecule has 1 unspecified atom stereocenters. The lowest BCUT2D eigenvalue weighted by atomic mass is 10.1. The molecule has 1 aromatic rings. The summed E-state index contributed by atoms with van der Waals surface area (Å²) >= 11 is 0. The van der Waals surface area contributed by atoms with Crippen molar-refractivity contribution in [3.8, 4) is 11.8 Å². The molecule has 0 aliphatic carbocycles. The largest absolute Gasteiger partial charge is 0.481 e. The van der Waals surface area contributed by atoms with Crippen molar-refractivity contribution in [1.82, 2.24) is 15.3 Å². The summed E-state index contributed by atoms with van der Waals surface area (Å²) in [5, 5.41) is 5.94. The van der Waals surface area contributed by atoms with Crippen molar-refractivity contribution in [2.45, 2.75) is 18.9 Å². The number of piperidine rings is 1. The maximum Gasteiger partial charge on any atom is 0.229 e. The number of carbonyl (C=O) groups excluding carboxylic acids is 1. The van der Waals surface area contributed by atoms with Gasteiger partial charge in [0, 0.05) is 19.0 Å². The predicted octanol–water partition coefficient (Wildman–Crippen LogP) is 0.184. The van der Waals surface area contributed by atoms with Gasteiger partial charge in [-0.05, 0) is 6.42 Å². The van der Waals surface area contributed by atoms with Crippen LogP contribution in [-0.4, -0.2) is 42.7 Å². The molecule has 7 nitrogen and oxygen atoms in total. The van der Waals surface area contributed by atoms with Crippen LogP contribution >= 0.6 is 0 Å². The SMILES string of the molecule is COc1cc(OC)nc(NC2CCC(=O)NC2)n1. The maximum absolute atomic E-state index is 11.1. The van der Waals surface area contributed by atoms with E-state index in [-0.39, 0.29) is 11.9 Å². The van der Waals surface area contributed by atoms with Crippen LogP contribution in [0.2, 0.25) is 0 Å². The summed E-state index contributed by atoms with van der Waals surface area (Å²) in [5.41, 5.74) is 0. The van der Waals surface area contributed by atoms with Gasteiger partial charge in [-0.25, -0.2) is 0 Å². The predicted molar refractivity (Wildman–Crippen MR) is 64.8 cm³/mol. The fourth-order valence-electron chi connectivity index (χ4n) is 1.72. The maximum atomic E-state index is 11.1. The molecule has 98 valence electrons. The molecule has 0 saturated carbocycles. The first-order valence-corrected chi connectivity index (χ1v) is 5.71. The van der Waals surface area contributed by atoms with Crippen molar-refractivity contribution in [2.24, 2.45) is 0 Å². The van der Waals surface area contributed by atoms with Gasteiger partial charge in [0.2, 0.25) is 23.6 Å². The number of nitrogens with one attached hydrogen (secondary N) is 2. The van der Waals surface area contributed by atoms with Gasteiger partial charge in [-0.2, -0.15) is 9.97 Å². The zero-order valence-corrected chi connectivity index (χ0v) is 10.4. The number of aromatic nitrogens is 2. The summed E-state index contributed by atoms with van der Waals surface area (Å²) in [5.74, 6) is 1.39. The molecule has 0 spiro atoms. The molecule has 0 radical (unpaired) electrons. The first-order valence-electron chi connectivity index (χ1n) is 5.71. The number of rotatable bonds is 4. The summed E-state index contributed by atoms with van der Waals surface area (Å²) in [4.78, 5) is 19.4. The Labute approximate surface area is 105 Å². The number of amides is 1. The standard InChI is InChI=1S/C11H16N4O3/c1-17-9-5-10(18-2)15-11(14-9)13-7-3-4-8(16)12-6-7/h5,7H,3-4,6H2,1-2H3,(H,12,16)(H,13,14,15). The van der Waals surface area contributed by atoms with Gasteiger partial charge in [0.1, 0.15) is 0 Å². The molecule has 1 aromatic heterocycles. The van der Waals surface area contributed by atoms with Gasteiger partial charge in [-0.3, -0.25) is 4.79 Å². The Bertz CT molecular complexity index is 406. The molecule has 2 rings (SSSR count). The number of nitrogens with zero attached hydrogens (tertiary/aromatic N) is 2. The van der Waals surface area contributed by atoms with Crippen molar-refractivity contribution in [2.75, 3.05) is 26.1 Å². The van der Waals surface area contributed by atoms with E-state index in [0.717, 1.165) is 6.42 Å². The second kappa shape index (κ2) is 5.52. The molecule has 1 saturated heterocycles. The van der Waals surface area contributed by atoms with E-state index in [4.69, 9.17) is 9.47 Å². The highest BCUT2D eigenvalue weighted by molar-refractivity contribution is 5.76. The van der Waals surface area contributed by atoms with Crippen molar-refractivity contribution < 1.29 is 14.3 Å². The van der Waals surface area contributed by atoms with Gasteiger partial charge in [0.05, 0.1) is 20.3 Å². The summed E-state index contributed by atoms with van der Waals surface area (Å²) in [6, 6.07) is 1.73. The zero-order chi connectivity index (χ0) is 13.0. The quantitative estimate of drug-likeness (QED) is 0.795. The van der Waals surface area contributed by atoms with Crippen molar-refractivity contribution in [3.63, 3.8) is 0 Å². The van der Waals surface area contributed by atoms with Gasteiger partial charge in [-0.15, -0.1) is 0 Å². The lowest BCUT2D eigenvalue weighted by molar-refractivity contribution is -0.122. The highest BCUT2D eigenvalue weighted by atomic mass is 16.5. The van der Waals surface area contributed by atoms with Gasteiger partial charge in [-0.1, -0.05) is 0 Å². The third-order valence-electron chi connectivity index (χ3n) is 2.70. The van der Waals surface area contributed by atoms with Crippen molar-refractivity contribution >= 4 is 11.9 Å². The normalized spacial score (nSPS) is 19.0. The van der Waals surface area contributed by atoms with E-state index in [2.05, 4.69) is 20.6 Å². The second-order valence-electron chi connectivity index (χ2n) is 3.96. The monoisotopic (exact) mass is 252 g/mol. The third-order valence-corrected chi connectivity index (χ3v) is 2.70. The number of ether oxygens (including phenoxy) is 2. The van der Waals surface area contributed by atoms with Crippen molar-refractivity contribution in [1.29, 1.82) is 0 Å². The van der Waals surface area contributed by atoms with E-state index in [1.54, 1.807) is 6.07 Å². The van der Waals surface area contributed by atoms with Crippen LogP contribution in [0.3, 0.4) is 0 Å². The molecule has 1 amide bonds. The van der Waals surface area contributed by atoms with Crippen LogP contribution in [-0.2, 0) is 4.79 Å². The molecular formula is C11H16N4O3. The van der Waals surface area contributed by atoms with E-state index >= 15 is 0 Å². The fraction of sp³-hybridized carbons (Fsp3) is 0.545. The van der Waals surface area contributed by atoms with Gasteiger partial charge in [0.15, 0.2) is 0 Å². The molecule has 2 N–H and O–H groups in total. The molecule has 1 fully saturated rings. The third kappa shape index (κ3) is 2.99. The minimum absolute atomic E-state index is 0.0807. The molecule has 0 bridgehead atoms. The Morgan fingerprint density at radius 1 is 1.33 bits per heavy atom. The molecule has 2 heterocycles. The number of anilines is 1. The highest BCUT2D eigenvalue weighted by Crippen LogP contribution is 2.18. The van der Waals surface area contributed by atoms with E-state index in [1.165, 1.54) is 14.2 Å². The van der Waals surface area contributed by atoms with Crippen LogP contribution in [0, 0.1) is 0 Å². The Morgan fingerprint density at radius 2 is 2.00 bits per heavy atom. The van der Waals surface area contributed by atoms with E-state index in [9.17, 15) is 4.79 Å². The Kier molecular flexibility index (Phi) is 3.81. The Morgan fingerprint density at radius 3 is 2.50 bits per heavy atom. The van der Waals surface area contributed by atoms with Gasteiger partial charge in [0.25, 0.3) is 0 Å². The van der Waals surface area contributed by atoms with Crippen LogP contribution in [0.5, 0.6) is 11.8 Å². The molecule has 18 heavy (non-hydrogen) atoms. The Hall–Kier alpha value is -2.05. The highest BCUT2D eigenvalue weighted by Gasteiger charge is 2.19. The molecule has 1 aliphatic heterocycles. The molecule has 1 atom stereocenters. The summed E-state index contributed by atoms with van der Waals surface area (Å²) in [7, 11) is 3.07. The Balaban J connectivity index is 2.06. The van der Waals surface area contributed by atoms with E-state index in [0.29, 0.717) is 30.7 Å². The van der Waals surface area contributed by atoms with E-state index in [1.807, 2.05) is 0 Å². The average molecular weight is 252 g/mol. The molecule has 1 aliphatic rings. The van der Waals surface area contributed by atoms with Gasteiger partial charge >= 0.3 is 0 Å². The first kappa shape index (κ1) is 12.4. The topological polar surface area (TPSA) is 85.4 Å². The fourth-order valence-corrected chi connectivity index (χ4v) is 1.72. The van der Waals surface area contributed by atoms with Crippen LogP contribution in [0.1, 0.15) is 12.8 Å². The van der Waals surface area contributed by atoms with Crippen LogP contribution < -0.4 is 20.1 Å². The minimum atomic E-state index is 0.0807. The van der Waals surface area contributed by atoms with Crippen LogP contribution in [0.15, 0.2) is 6.07 Å². The smallest absolute Gasteiger partial charge is 0.229 e. The van der Waals surface area contributed by atoms with Crippen LogP contribution in [0.4, 0.5) is 5.95 Å². The summed E-state index contributed by atoms with van der Waals surface area (Å²) in [6.45, 7) is 0.571. The number of carbonyl (C=O) groups is 1. The van der Waals surface area contributed by atoms with Gasteiger partial charge < -0.3 is 20.1 Å². The lowest BCUT2D eigenvalue weighted by Gasteiger charge is -2.23. The molecular weight excluding hydrogens is 236 g/mol. The molecule has 0 aromatic carbocycles. The summed E-state index contributed by atoms with van der Waals surface area (Å²) in [6.07, 6.45) is 1.27. The first-order chi connectivity index (χ1) is 8.71. The van der Waals surface area contributed by atoms with Crippen molar-refractivity contribution in [3.05, 3.63) is 6.07 Å². The zero-order valence-electron chi connectivity index (χ0n) is 10.4. The number of hydrogen-bond acceptors (Lipinski definition) is 6. The van der Waals surface area contributed by atoms with E-state index < -0.39 is 0 Å². The molecule has 7 heteroatoms. The lowest BCUT2D eigenvalue weighted by Crippen LogP contribution is -2.42. The average Bonchev–Trinajstić information content (AvgIpc) is 2.41. The minimum Gasteiger partial charge on any atom is -0.481 e. The second-order valence-corrected chi connectivity index (χ2v) is 3.96.